The lowest BCUT2D eigenvalue weighted by molar-refractivity contribution is 0.805. The van der Waals surface area contributed by atoms with Gasteiger partial charge in [-0.3, -0.25) is 0 Å². The van der Waals surface area contributed by atoms with Gasteiger partial charge in [-0.1, -0.05) is 60.6 Å². The van der Waals surface area contributed by atoms with Gasteiger partial charge in [-0.05, 0) is 46.5 Å². The fourth-order valence-corrected chi connectivity index (χ4v) is 4.25. The molecule has 0 atom stereocenters. The molecule has 2 aromatic heterocycles. The number of benzene rings is 3. The van der Waals surface area contributed by atoms with Crippen LogP contribution >= 0.6 is 11.6 Å². The van der Waals surface area contributed by atoms with Gasteiger partial charge in [0, 0.05) is 29.4 Å². The number of aromatic nitrogens is 4. The van der Waals surface area contributed by atoms with E-state index in [9.17, 15) is 5.26 Å². The molecule has 5 rings (SSSR count). The van der Waals surface area contributed by atoms with Gasteiger partial charge in [-0.25, -0.2) is 15.0 Å². The van der Waals surface area contributed by atoms with E-state index in [0.717, 1.165) is 44.7 Å². The topological polar surface area (TPSA) is 93.4 Å². The zero-order valence-corrected chi connectivity index (χ0v) is 19.6. The highest BCUT2D eigenvalue weighted by Crippen LogP contribution is 2.28. The Hall–Kier alpha value is -4.47. The van der Waals surface area contributed by atoms with Crippen molar-refractivity contribution >= 4 is 34.2 Å². The van der Waals surface area contributed by atoms with Crippen molar-refractivity contribution in [1.29, 1.82) is 5.26 Å². The quantitative estimate of drug-likeness (QED) is 0.329. The second-order valence-electron chi connectivity index (χ2n) is 8.24. The van der Waals surface area contributed by atoms with E-state index >= 15 is 0 Å². The van der Waals surface area contributed by atoms with Crippen LogP contribution in [0.15, 0.2) is 85.7 Å². The second kappa shape index (κ2) is 9.41. The van der Waals surface area contributed by atoms with Crippen molar-refractivity contribution in [2.24, 2.45) is 0 Å². The van der Waals surface area contributed by atoms with Crippen LogP contribution in [0, 0.1) is 11.3 Å². The summed E-state index contributed by atoms with van der Waals surface area (Å²) in [6, 6.07) is 23.7. The number of fused-ring (bicyclic) bond motifs is 1. The molecule has 0 saturated heterocycles. The lowest BCUT2D eigenvalue weighted by Gasteiger charge is -2.13. The summed E-state index contributed by atoms with van der Waals surface area (Å²) < 4.78 is 2.11. The van der Waals surface area contributed by atoms with Crippen molar-refractivity contribution in [3.05, 3.63) is 113 Å². The van der Waals surface area contributed by atoms with Gasteiger partial charge in [0.1, 0.15) is 5.82 Å². The third-order valence-corrected chi connectivity index (χ3v) is 6.23. The summed E-state index contributed by atoms with van der Waals surface area (Å²) >= 11 is 6.46. The fraction of sp³-hybridized carbons (Fsp3) is 0.0714. The van der Waals surface area contributed by atoms with Crippen LogP contribution in [-0.2, 0) is 13.0 Å². The predicted octanol–water partition coefficient (Wildman–Crippen LogP) is 5.90. The molecule has 2 N–H and O–H groups in total. The molecule has 3 aromatic carbocycles. The number of nitrogens with zero attached hydrogens (tertiary/aromatic N) is 5. The number of nitrogen functional groups attached to an aromatic ring is 1. The van der Waals surface area contributed by atoms with Gasteiger partial charge in [0.2, 0.25) is 5.95 Å². The standard InChI is InChI=1S/C28H21ClN6/c1-18(12-19-6-9-21(10-7-19)23-15-32-28(31)33-16-23)27-34-25-13-20(14-30)8-11-26(25)35(27)17-22-4-2-3-5-24(22)29/h2-11,13,15-16H,1,12,17H2,(H2,31,32,33). The third-order valence-electron chi connectivity index (χ3n) is 5.86. The van der Waals surface area contributed by atoms with E-state index in [0.29, 0.717) is 23.6 Å². The molecule has 0 aliphatic heterocycles. The number of allylic oxidation sites excluding steroid dienone is 1. The zero-order valence-electron chi connectivity index (χ0n) is 18.8. The highest BCUT2D eigenvalue weighted by Gasteiger charge is 2.16. The number of halogens is 1. The molecule has 0 bridgehead atoms. The third kappa shape index (κ3) is 4.63. The van der Waals surface area contributed by atoms with Crippen LogP contribution < -0.4 is 5.73 Å². The molecule has 0 radical (unpaired) electrons. The summed E-state index contributed by atoms with van der Waals surface area (Å²) in [5, 5.41) is 10.0. The van der Waals surface area contributed by atoms with E-state index in [2.05, 4.69) is 39.3 Å². The number of nitrogens with two attached hydrogens (primary N) is 1. The Morgan fingerprint density at radius 1 is 1.00 bits per heavy atom. The number of imidazole rings is 1. The highest BCUT2D eigenvalue weighted by atomic mass is 35.5. The molecule has 5 aromatic rings. The molecule has 2 heterocycles. The van der Waals surface area contributed by atoms with Crippen LogP contribution in [0.4, 0.5) is 5.95 Å². The van der Waals surface area contributed by atoms with E-state index in [1.807, 2.05) is 42.5 Å². The van der Waals surface area contributed by atoms with Gasteiger partial charge in [0.05, 0.1) is 29.2 Å². The first-order valence-electron chi connectivity index (χ1n) is 11.0. The summed E-state index contributed by atoms with van der Waals surface area (Å²) in [5.41, 5.74) is 12.7. The maximum atomic E-state index is 9.33. The zero-order chi connectivity index (χ0) is 24.4. The van der Waals surface area contributed by atoms with Gasteiger partial charge in [0.25, 0.3) is 0 Å². The molecule has 0 fully saturated rings. The van der Waals surface area contributed by atoms with Crippen LogP contribution in [0.25, 0.3) is 27.7 Å². The molecule has 0 unspecified atom stereocenters. The molecule has 35 heavy (non-hydrogen) atoms. The predicted molar refractivity (Wildman–Crippen MR) is 140 cm³/mol. The van der Waals surface area contributed by atoms with E-state index in [1.54, 1.807) is 24.5 Å². The van der Waals surface area contributed by atoms with Gasteiger partial charge >= 0.3 is 0 Å². The van der Waals surface area contributed by atoms with Crippen molar-refractivity contribution in [1.82, 2.24) is 19.5 Å². The van der Waals surface area contributed by atoms with Crippen LogP contribution in [0.5, 0.6) is 0 Å². The van der Waals surface area contributed by atoms with Gasteiger partial charge in [-0.15, -0.1) is 0 Å². The monoisotopic (exact) mass is 476 g/mol. The maximum absolute atomic E-state index is 9.33. The molecule has 0 aliphatic carbocycles. The number of hydrogen-bond acceptors (Lipinski definition) is 5. The average Bonchev–Trinajstić information content (AvgIpc) is 3.24. The molecular formula is C28H21ClN6. The van der Waals surface area contributed by atoms with Crippen molar-refractivity contribution in [3.8, 4) is 17.2 Å². The van der Waals surface area contributed by atoms with Crippen LogP contribution in [0.1, 0.15) is 22.5 Å². The second-order valence-corrected chi connectivity index (χ2v) is 8.64. The number of rotatable bonds is 6. The first-order chi connectivity index (χ1) is 17.0. The average molecular weight is 477 g/mol. The minimum atomic E-state index is 0.253. The summed E-state index contributed by atoms with van der Waals surface area (Å²) in [7, 11) is 0. The van der Waals surface area contributed by atoms with Crippen molar-refractivity contribution in [3.63, 3.8) is 0 Å². The Kier molecular flexibility index (Phi) is 6.01. The van der Waals surface area contributed by atoms with Crippen molar-refractivity contribution in [2.45, 2.75) is 13.0 Å². The van der Waals surface area contributed by atoms with Gasteiger partial charge < -0.3 is 10.3 Å². The van der Waals surface area contributed by atoms with E-state index < -0.39 is 0 Å². The molecule has 0 spiro atoms. The Morgan fingerprint density at radius 3 is 2.46 bits per heavy atom. The SMILES string of the molecule is C=C(Cc1ccc(-c2cnc(N)nc2)cc1)c1nc2cc(C#N)ccc2n1Cc1ccccc1Cl. The molecule has 6 nitrogen and oxygen atoms in total. The Balaban J connectivity index is 1.47. The minimum Gasteiger partial charge on any atom is -0.368 e. The molecule has 0 saturated carbocycles. The van der Waals surface area contributed by atoms with Gasteiger partial charge in [-0.2, -0.15) is 5.26 Å². The number of hydrogen-bond donors (Lipinski definition) is 1. The van der Waals surface area contributed by atoms with Crippen LogP contribution in [-0.4, -0.2) is 19.5 Å². The lowest BCUT2D eigenvalue weighted by atomic mass is 10.0. The molecule has 0 aliphatic rings. The summed E-state index contributed by atoms with van der Waals surface area (Å²) in [6.45, 7) is 4.91. The van der Waals surface area contributed by atoms with Gasteiger partial charge in [0.15, 0.2) is 0 Å². The normalized spacial score (nSPS) is 10.9. The number of anilines is 1. The first-order valence-corrected chi connectivity index (χ1v) is 11.4. The Morgan fingerprint density at radius 2 is 1.74 bits per heavy atom. The summed E-state index contributed by atoms with van der Waals surface area (Å²) in [6.07, 6.45) is 4.04. The van der Waals surface area contributed by atoms with E-state index in [4.69, 9.17) is 22.3 Å². The molecule has 7 heteroatoms. The minimum absolute atomic E-state index is 0.253. The maximum Gasteiger partial charge on any atom is 0.219 e. The molecule has 0 amide bonds. The molecule has 170 valence electrons. The lowest BCUT2D eigenvalue weighted by Crippen LogP contribution is -2.06. The highest BCUT2D eigenvalue weighted by molar-refractivity contribution is 6.31. The first kappa shape index (κ1) is 22.3. The van der Waals surface area contributed by atoms with Crippen LogP contribution in [0.2, 0.25) is 5.02 Å². The largest absolute Gasteiger partial charge is 0.368 e. The summed E-state index contributed by atoms with van der Waals surface area (Å²) in [5.74, 6) is 1.02. The Labute approximate surface area is 208 Å². The molecular weight excluding hydrogens is 456 g/mol. The van der Waals surface area contributed by atoms with E-state index in [-0.39, 0.29) is 5.95 Å². The van der Waals surface area contributed by atoms with Crippen molar-refractivity contribution < 1.29 is 0 Å². The number of nitriles is 1. The summed E-state index contributed by atoms with van der Waals surface area (Å²) in [4.78, 5) is 13.0. The smallest absolute Gasteiger partial charge is 0.219 e. The Bertz CT molecular complexity index is 1580. The van der Waals surface area contributed by atoms with E-state index in [1.165, 1.54) is 0 Å². The fourth-order valence-electron chi connectivity index (χ4n) is 4.05. The van der Waals surface area contributed by atoms with Crippen molar-refractivity contribution in [2.75, 3.05) is 5.73 Å². The van der Waals surface area contributed by atoms with Crippen LogP contribution in [0.3, 0.4) is 0 Å².